The number of fused-ring (bicyclic) bond motifs is 2. The molecule has 0 aromatic heterocycles. The summed E-state index contributed by atoms with van der Waals surface area (Å²) in [5.41, 5.74) is 6.95. The first kappa shape index (κ1) is 30.3. The molecule has 0 bridgehead atoms. The van der Waals surface area contributed by atoms with Crippen LogP contribution >= 0.6 is 24.1 Å². The third kappa shape index (κ3) is 6.27. The van der Waals surface area contributed by atoms with E-state index in [1.807, 2.05) is 74.5 Å². The average Bonchev–Trinajstić information content (AvgIpc) is 3.08. The summed E-state index contributed by atoms with van der Waals surface area (Å²) in [6.45, 7) is 4.07. The molecule has 5 nitrogen and oxygen atoms in total. The third-order valence-electron chi connectivity index (χ3n) is 7.86. The van der Waals surface area contributed by atoms with E-state index in [1.165, 1.54) is 24.1 Å². The first-order valence-corrected chi connectivity index (χ1v) is 16.1. The van der Waals surface area contributed by atoms with Crippen LogP contribution in [-0.4, -0.2) is 12.2 Å². The van der Waals surface area contributed by atoms with Crippen LogP contribution in [0.5, 0.6) is 0 Å². The predicted molar refractivity (Wildman–Crippen MR) is 186 cm³/mol. The lowest BCUT2D eigenvalue weighted by atomic mass is 9.96. The lowest BCUT2D eigenvalue weighted by Gasteiger charge is -2.16. The minimum atomic E-state index is 0.601. The molecular weight excluding hydrogens is 597 g/mol. The van der Waals surface area contributed by atoms with E-state index in [2.05, 4.69) is 58.5 Å². The SMILES string of the molecule is CCc1cc(SOSc2cc(CC)c(N=C=O)cc2-c2cccc3ccccc23)c(-c2cccc3ccccc23)cc1N=C=O. The maximum atomic E-state index is 11.3. The van der Waals surface area contributed by atoms with E-state index in [-0.39, 0.29) is 0 Å². The van der Waals surface area contributed by atoms with Crippen LogP contribution in [0.1, 0.15) is 25.0 Å². The minimum absolute atomic E-state index is 0.601. The first-order valence-electron chi connectivity index (χ1n) is 14.6. The normalized spacial score (nSPS) is 10.9. The fourth-order valence-corrected chi connectivity index (χ4v) is 7.28. The first-order chi connectivity index (χ1) is 22.1. The van der Waals surface area contributed by atoms with Gasteiger partial charge in [-0.15, -0.1) is 0 Å². The van der Waals surface area contributed by atoms with E-state index < -0.39 is 0 Å². The number of hydrogen-bond acceptors (Lipinski definition) is 7. The molecule has 0 radical (unpaired) electrons. The second-order valence-corrected chi connectivity index (χ2v) is 12.1. The molecule has 7 heteroatoms. The quantitative estimate of drug-likeness (QED) is 0.0862. The standard InChI is InChI=1S/C38H28N2O3S2/c1-3-25-19-37(33(21-35(25)39-23-41)31-17-9-13-27-11-5-7-15-29(27)31)44-43-45-38-20-26(4-2)36(40-24-42)22-34(38)32-18-10-14-28-12-6-8-16-30(28)32/h5-22H,3-4H2,1-2H3. The van der Waals surface area contributed by atoms with Crippen molar-refractivity contribution in [3.63, 3.8) is 0 Å². The minimum Gasteiger partial charge on any atom is -0.237 e. The Balaban J connectivity index is 1.43. The highest BCUT2D eigenvalue weighted by Gasteiger charge is 2.18. The molecule has 0 saturated heterocycles. The Kier molecular flexibility index (Phi) is 9.37. The van der Waals surface area contributed by atoms with Gasteiger partial charge >= 0.3 is 0 Å². The molecule has 6 aromatic rings. The van der Waals surface area contributed by atoms with Crippen molar-refractivity contribution in [2.45, 2.75) is 36.5 Å². The lowest BCUT2D eigenvalue weighted by Crippen LogP contribution is -1.91. The molecule has 0 N–H and O–H groups in total. The zero-order chi connectivity index (χ0) is 31.2. The second-order valence-electron chi connectivity index (χ2n) is 10.4. The smallest absolute Gasteiger partial charge is 0.237 e. The predicted octanol–water partition coefficient (Wildman–Crippen LogP) is 11.1. The van der Waals surface area contributed by atoms with Crippen molar-refractivity contribution < 1.29 is 13.2 Å². The number of aliphatic imine (C=N–C) groups is 2. The fraction of sp³-hybridized carbons (Fsp3) is 0.105. The number of isocyanates is 2. The zero-order valence-electron chi connectivity index (χ0n) is 24.7. The third-order valence-corrected chi connectivity index (χ3v) is 9.44. The van der Waals surface area contributed by atoms with E-state index in [9.17, 15) is 9.59 Å². The van der Waals surface area contributed by atoms with Gasteiger partial charge < -0.3 is 0 Å². The van der Waals surface area contributed by atoms with Crippen molar-refractivity contribution in [2.75, 3.05) is 0 Å². The highest BCUT2D eigenvalue weighted by Crippen LogP contribution is 2.45. The van der Waals surface area contributed by atoms with Crippen LogP contribution in [0.25, 0.3) is 43.8 Å². The number of aryl methyl sites for hydroxylation is 2. The van der Waals surface area contributed by atoms with Crippen LogP contribution in [0.2, 0.25) is 0 Å². The van der Waals surface area contributed by atoms with Gasteiger partial charge in [-0.2, -0.15) is 9.98 Å². The van der Waals surface area contributed by atoms with E-state index in [4.69, 9.17) is 3.63 Å². The zero-order valence-corrected chi connectivity index (χ0v) is 26.4. The molecule has 6 rings (SSSR count). The van der Waals surface area contributed by atoms with Crippen LogP contribution in [0.15, 0.2) is 129 Å². The van der Waals surface area contributed by atoms with Gasteiger partial charge in [0.15, 0.2) is 0 Å². The maximum Gasteiger partial charge on any atom is 0.240 e. The summed E-state index contributed by atoms with van der Waals surface area (Å²) in [6, 6.07) is 36.8. The molecule has 45 heavy (non-hydrogen) atoms. The van der Waals surface area contributed by atoms with Crippen LogP contribution in [-0.2, 0) is 26.1 Å². The Labute approximate surface area is 270 Å². The summed E-state index contributed by atoms with van der Waals surface area (Å²) in [4.78, 5) is 32.5. The molecule has 0 amide bonds. The van der Waals surface area contributed by atoms with E-state index in [0.29, 0.717) is 24.2 Å². The molecule has 0 aliphatic carbocycles. The Bertz CT molecular complexity index is 1980. The van der Waals surface area contributed by atoms with Gasteiger partial charge in [0.05, 0.1) is 11.4 Å². The number of carbonyl (C=O) groups excluding carboxylic acids is 2. The number of rotatable bonds is 10. The Hall–Kier alpha value is -4.74. The molecule has 0 aliphatic heterocycles. The Morgan fingerprint density at radius 2 is 0.978 bits per heavy atom. The van der Waals surface area contributed by atoms with Crippen molar-refractivity contribution in [2.24, 2.45) is 9.98 Å². The van der Waals surface area contributed by atoms with Gasteiger partial charge in [0.2, 0.25) is 12.2 Å². The van der Waals surface area contributed by atoms with Gasteiger partial charge in [-0.1, -0.05) is 98.8 Å². The summed E-state index contributed by atoms with van der Waals surface area (Å²) < 4.78 is 6.37. The van der Waals surface area contributed by atoms with E-state index in [1.54, 1.807) is 12.2 Å². The number of benzene rings is 6. The molecular formula is C38H28N2O3S2. The Morgan fingerprint density at radius 3 is 1.40 bits per heavy atom. The summed E-state index contributed by atoms with van der Waals surface area (Å²) in [5.74, 6) is 0. The van der Waals surface area contributed by atoms with Gasteiger partial charge in [0, 0.05) is 45.0 Å². The van der Waals surface area contributed by atoms with Gasteiger partial charge in [0.25, 0.3) is 0 Å². The van der Waals surface area contributed by atoms with Crippen LogP contribution < -0.4 is 0 Å². The highest BCUT2D eigenvalue weighted by atomic mass is 32.2. The average molecular weight is 625 g/mol. The van der Waals surface area contributed by atoms with E-state index >= 15 is 0 Å². The molecule has 0 spiro atoms. The maximum absolute atomic E-state index is 11.3. The monoisotopic (exact) mass is 624 g/mol. The van der Waals surface area contributed by atoms with Crippen molar-refractivity contribution >= 4 is 69.2 Å². The number of nitrogens with zero attached hydrogens (tertiary/aromatic N) is 2. The molecule has 0 fully saturated rings. The van der Waals surface area contributed by atoms with Gasteiger partial charge in [-0.3, -0.25) is 0 Å². The summed E-state index contributed by atoms with van der Waals surface area (Å²) in [7, 11) is 0. The summed E-state index contributed by atoms with van der Waals surface area (Å²) in [5, 5.41) is 4.42. The van der Waals surface area contributed by atoms with Gasteiger partial charge in [-0.25, -0.2) is 13.2 Å². The molecule has 6 aromatic carbocycles. The summed E-state index contributed by atoms with van der Waals surface area (Å²) >= 11 is 2.55. The van der Waals surface area contributed by atoms with Gasteiger partial charge in [0.1, 0.15) is 0 Å². The highest BCUT2D eigenvalue weighted by molar-refractivity contribution is 8.08. The number of hydrogen-bond donors (Lipinski definition) is 0. The largest absolute Gasteiger partial charge is 0.240 e. The van der Waals surface area contributed by atoms with Crippen molar-refractivity contribution in [3.8, 4) is 22.3 Å². The molecule has 220 valence electrons. The van der Waals surface area contributed by atoms with Crippen molar-refractivity contribution in [1.82, 2.24) is 0 Å². The topological polar surface area (TPSA) is 68.1 Å². The van der Waals surface area contributed by atoms with Crippen molar-refractivity contribution in [1.29, 1.82) is 0 Å². The van der Waals surface area contributed by atoms with Crippen LogP contribution in [0, 0.1) is 0 Å². The molecule has 0 heterocycles. The molecule has 0 aliphatic rings. The lowest BCUT2D eigenvalue weighted by molar-refractivity contribution is 0.564. The second kappa shape index (κ2) is 13.9. The molecule has 0 unspecified atom stereocenters. The fourth-order valence-electron chi connectivity index (χ4n) is 5.66. The molecule has 0 saturated carbocycles. The van der Waals surface area contributed by atoms with E-state index in [0.717, 1.165) is 64.7 Å². The van der Waals surface area contributed by atoms with Crippen molar-refractivity contribution in [3.05, 3.63) is 120 Å². The Morgan fingerprint density at radius 1 is 0.556 bits per heavy atom. The van der Waals surface area contributed by atoms with Gasteiger partial charge in [-0.05, 0) is 80.9 Å². The molecule has 0 atom stereocenters. The van der Waals surface area contributed by atoms with Crippen LogP contribution in [0.3, 0.4) is 0 Å². The summed E-state index contributed by atoms with van der Waals surface area (Å²) in [6.07, 6.45) is 4.83. The van der Waals surface area contributed by atoms with Crippen LogP contribution in [0.4, 0.5) is 11.4 Å².